The number of anilines is 1. The molecule has 0 aliphatic heterocycles. The number of carbonyl (C=O) groups is 1. The number of halogens is 3. The Labute approximate surface area is 161 Å². The summed E-state index contributed by atoms with van der Waals surface area (Å²) in [5.74, 6) is -0.294. The second kappa shape index (κ2) is 6.72. The maximum Gasteiger partial charge on any atom is 0.293 e. The molecule has 2 aromatic heterocycles. The van der Waals surface area contributed by atoms with Gasteiger partial charge in [-0.1, -0.05) is 34.5 Å². The van der Waals surface area contributed by atoms with Crippen LogP contribution in [-0.4, -0.2) is 10.9 Å². The molecule has 4 nitrogen and oxygen atoms in total. The van der Waals surface area contributed by atoms with E-state index in [1.54, 1.807) is 30.3 Å². The first-order chi connectivity index (χ1) is 12.5. The van der Waals surface area contributed by atoms with E-state index in [1.165, 1.54) is 29.5 Å². The van der Waals surface area contributed by atoms with Crippen LogP contribution < -0.4 is 5.32 Å². The van der Waals surface area contributed by atoms with Gasteiger partial charge >= 0.3 is 0 Å². The normalized spacial score (nSPS) is 11.0. The van der Waals surface area contributed by atoms with Gasteiger partial charge in [-0.15, -0.1) is 0 Å². The number of rotatable bonds is 3. The highest BCUT2D eigenvalue weighted by Crippen LogP contribution is 2.32. The van der Waals surface area contributed by atoms with Gasteiger partial charge in [0.2, 0.25) is 0 Å². The molecular weight excluding hydrogens is 398 g/mol. The highest BCUT2D eigenvalue weighted by molar-refractivity contribution is 7.22. The van der Waals surface area contributed by atoms with E-state index in [2.05, 4.69) is 10.3 Å². The van der Waals surface area contributed by atoms with Crippen LogP contribution in [0.15, 0.2) is 52.9 Å². The molecule has 2 aromatic carbocycles. The van der Waals surface area contributed by atoms with Gasteiger partial charge in [-0.2, -0.15) is 0 Å². The first-order valence-electron chi connectivity index (χ1n) is 7.42. The molecule has 1 amide bonds. The van der Waals surface area contributed by atoms with Crippen LogP contribution in [-0.2, 0) is 0 Å². The topological polar surface area (TPSA) is 55.1 Å². The van der Waals surface area contributed by atoms with E-state index in [9.17, 15) is 9.18 Å². The summed E-state index contributed by atoms with van der Waals surface area (Å²) in [6, 6.07) is 12.4. The van der Waals surface area contributed by atoms with Gasteiger partial charge in [-0.3, -0.25) is 10.1 Å². The zero-order valence-corrected chi connectivity index (χ0v) is 15.3. The van der Waals surface area contributed by atoms with Gasteiger partial charge in [0, 0.05) is 10.6 Å². The predicted molar refractivity (Wildman–Crippen MR) is 102 cm³/mol. The van der Waals surface area contributed by atoms with Crippen LogP contribution in [0.4, 0.5) is 9.52 Å². The fourth-order valence-electron chi connectivity index (χ4n) is 2.40. The van der Waals surface area contributed by atoms with Crippen molar-refractivity contribution in [1.82, 2.24) is 4.98 Å². The molecule has 0 fully saturated rings. The molecule has 0 aliphatic rings. The van der Waals surface area contributed by atoms with Gasteiger partial charge in [-0.25, -0.2) is 9.37 Å². The van der Waals surface area contributed by atoms with Crippen LogP contribution in [0, 0.1) is 5.82 Å². The van der Waals surface area contributed by atoms with E-state index in [1.807, 2.05) is 0 Å². The van der Waals surface area contributed by atoms with E-state index >= 15 is 0 Å². The predicted octanol–water partition coefficient (Wildman–Crippen LogP) is 6.25. The van der Waals surface area contributed by atoms with Crippen molar-refractivity contribution >= 4 is 55.8 Å². The number of hydrogen-bond acceptors (Lipinski definition) is 4. The van der Waals surface area contributed by atoms with E-state index in [0.29, 0.717) is 36.7 Å². The third-order valence-electron chi connectivity index (χ3n) is 3.59. The Morgan fingerprint density at radius 2 is 1.96 bits per heavy atom. The molecule has 130 valence electrons. The minimum atomic E-state index is -0.464. The summed E-state index contributed by atoms with van der Waals surface area (Å²) < 4.78 is 19.5. The third-order valence-corrected chi connectivity index (χ3v) is 5.09. The summed E-state index contributed by atoms with van der Waals surface area (Å²) in [5.41, 5.74) is 1.20. The van der Waals surface area contributed by atoms with Crippen molar-refractivity contribution in [2.75, 3.05) is 5.32 Å². The quantitative estimate of drug-likeness (QED) is 0.437. The zero-order valence-electron chi connectivity index (χ0n) is 12.9. The molecular formula is C18H9Cl2FN2O2S. The van der Waals surface area contributed by atoms with E-state index < -0.39 is 5.91 Å². The smallest absolute Gasteiger partial charge is 0.293 e. The Kier molecular flexibility index (Phi) is 4.40. The second-order valence-electron chi connectivity index (χ2n) is 5.37. The largest absolute Gasteiger partial charge is 0.451 e. The lowest BCUT2D eigenvalue weighted by Crippen LogP contribution is -2.10. The highest BCUT2D eigenvalue weighted by atomic mass is 35.5. The van der Waals surface area contributed by atoms with Crippen LogP contribution in [0.5, 0.6) is 0 Å². The number of nitrogens with zero attached hydrogens (tertiary/aromatic N) is 1. The summed E-state index contributed by atoms with van der Waals surface area (Å²) >= 11 is 13.3. The molecule has 4 aromatic rings. The van der Waals surface area contributed by atoms with Gasteiger partial charge < -0.3 is 4.42 Å². The lowest BCUT2D eigenvalue weighted by molar-refractivity contribution is 0.0997. The molecule has 26 heavy (non-hydrogen) atoms. The summed E-state index contributed by atoms with van der Waals surface area (Å²) in [7, 11) is 0. The van der Waals surface area contributed by atoms with Crippen molar-refractivity contribution in [1.29, 1.82) is 0 Å². The Balaban J connectivity index is 1.58. The molecule has 2 heterocycles. The number of amides is 1. The lowest BCUT2D eigenvalue weighted by Gasteiger charge is -2.02. The van der Waals surface area contributed by atoms with E-state index in [0.717, 1.165) is 0 Å². The Morgan fingerprint density at radius 3 is 2.81 bits per heavy atom. The summed E-state index contributed by atoms with van der Waals surface area (Å²) in [6.07, 6.45) is 0. The van der Waals surface area contributed by atoms with Crippen molar-refractivity contribution in [2.45, 2.75) is 0 Å². The number of benzene rings is 2. The first kappa shape index (κ1) is 17.0. The Hall–Kier alpha value is -2.41. The fraction of sp³-hybridized carbons (Fsp3) is 0. The number of fused-ring (bicyclic) bond motifs is 1. The second-order valence-corrected chi connectivity index (χ2v) is 7.25. The van der Waals surface area contributed by atoms with Crippen molar-refractivity contribution in [3.63, 3.8) is 0 Å². The summed E-state index contributed by atoms with van der Waals surface area (Å²) in [6.45, 7) is 0. The van der Waals surface area contributed by atoms with Crippen molar-refractivity contribution in [3.8, 4) is 11.3 Å². The van der Waals surface area contributed by atoms with Crippen LogP contribution in [0.3, 0.4) is 0 Å². The molecule has 0 aliphatic carbocycles. The van der Waals surface area contributed by atoms with Crippen molar-refractivity contribution in [3.05, 3.63) is 70.2 Å². The average Bonchev–Trinajstić information content (AvgIpc) is 3.23. The van der Waals surface area contributed by atoms with Crippen LogP contribution >= 0.6 is 34.5 Å². The molecule has 0 saturated heterocycles. The number of carbonyl (C=O) groups excluding carboxylic acids is 1. The molecule has 0 radical (unpaired) electrons. The zero-order chi connectivity index (χ0) is 18.3. The van der Waals surface area contributed by atoms with Crippen LogP contribution in [0.2, 0.25) is 10.0 Å². The third kappa shape index (κ3) is 3.31. The van der Waals surface area contributed by atoms with Gasteiger partial charge in [-0.05, 0) is 48.5 Å². The number of hydrogen-bond donors (Lipinski definition) is 1. The molecule has 0 bridgehead atoms. The standard InChI is InChI=1S/C18H9Cl2FN2O2S/c19-9-1-3-12(20)11(7-9)14-5-6-15(25-14)17(24)23-18-22-13-4-2-10(21)8-16(13)26-18/h1-8H,(H,22,23,24). The fourth-order valence-corrected chi connectivity index (χ4v) is 3.67. The molecule has 0 atom stereocenters. The molecule has 8 heteroatoms. The molecule has 0 saturated carbocycles. The van der Waals surface area contributed by atoms with Gasteiger partial charge in [0.25, 0.3) is 5.91 Å². The number of aromatic nitrogens is 1. The maximum atomic E-state index is 13.3. The average molecular weight is 407 g/mol. The van der Waals surface area contributed by atoms with Crippen molar-refractivity contribution in [2.24, 2.45) is 0 Å². The molecule has 0 unspecified atom stereocenters. The van der Waals surface area contributed by atoms with Crippen LogP contribution in [0.25, 0.3) is 21.5 Å². The number of nitrogens with one attached hydrogen (secondary N) is 1. The van der Waals surface area contributed by atoms with E-state index in [-0.39, 0.29) is 11.6 Å². The lowest BCUT2D eigenvalue weighted by atomic mass is 10.2. The number of thiazole rings is 1. The Bertz CT molecular complexity index is 1140. The van der Waals surface area contributed by atoms with Crippen LogP contribution in [0.1, 0.15) is 10.6 Å². The molecule has 1 N–H and O–H groups in total. The molecule has 4 rings (SSSR count). The van der Waals surface area contributed by atoms with Crippen molar-refractivity contribution < 1.29 is 13.6 Å². The highest BCUT2D eigenvalue weighted by Gasteiger charge is 2.16. The number of furan rings is 1. The van der Waals surface area contributed by atoms with Gasteiger partial charge in [0.15, 0.2) is 10.9 Å². The minimum Gasteiger partial charge on any atom is -0.451 e. The first-order valence-corrected chi connectivity index (χ1v) is 8.99. The minimum absolute atomic E-state index is 0.0986. The van der Waals surface area contributed by atoms with Gasteiger partial charge in [0.1, 0.15) is 11.6 Å². The maximum absolute atomic E-state index is 13.3. The summed E-state index contributed by atoms with van der Waals surface area (Å²) in [5, 5.41) is 3.98. The van der Waals surface area contributed by atoms with E-state index in [4.69, 9.17) is 27.6 Å². The molecule has 0 spiro atoms. The van der Waals surface area contributed by atoms with Gasteiger partial charge in [0.05, 0.1) is 15.2 Å². The monoisotopic (exact) mass is 406 g/mol. The summed E-state index contributed by atoms with van der Waals surface area (Å²) in [4.78, 5) is 16.6. The SMILES string of the molecule is O=C(Nc1nc2ccc(F)cc2s1)c1ccc(-c2cc(Cl)ccc2Cl)o1. The Morgan fingerprint density at radius 1 is 1.12 bits per heavy atom.